The van der Waals surface area contributed by atoms with Gasteiger partial charge in [-0.05, 0) is 71.9 Å². The molecule has 0 amide bonds. The predicted molar refractivity (Wildman–Crippen MR) is 178 cm³/mol. The Hall–Kier alpha value is -5.77. The van der Waals surface area contributed by atoms with Crippen molar-refractivity contribution in [3.05, 3.63) is 151 Å². The van der Waals surface area contributed by atoms with Gasteiger partial charge in [-0.25, -0.2) is 0 Å². The van der Waals surface area contributed by atoms with Gasteiger partial charge in [-0.1, -0.05) is 67.2 Å². The van der Waals surface area contributed by atoms with Crippen LogP contribution in [0.4, 0.5) is 26.3 Å². The molecule has 240 valence electrons. The quantitative estimate of drug-likeness (QED) is 0.182. The first-order valence-corrected chi connectivity index (χ1v) is 14.9. The highest BCUT2D eigenvalue weighted by atomic mass is 19.4. The van der Waals surface area contributed by atoms with E-state index in [0.29, 0.717) is 33.7 Å². The van der Waals surface area contributed by atoms with Gasteiger partial charge in [0.05, 0.1) is 28.4 Å². The number of nitrogens with two attached hydrogens (primary N) is 1. The maximum atomic E-state index is 15.1. The molecule has 0 aliphatic carbocycles. The molecule has 0 aliphatic heterocycles. The summed E-state index contributed by atoms with van der Waals surface area (Å²) in [5.41, 5.74) is 3.58. The van der Waals surface area contributed by atoms with Crippen LogP contribution in [0.2, 0.25) is 0 Å². The number of aromatic nitrogens is 3. The first kappa shape index (κ1) is 30.9. The molecule has 0 unspecified atom stereocenters. The highest BCUT2D eigenvalue weighted by Gasteiger charge is 2.72. The number of benzene rings is 4. The van der Waals surface area contributed by atoms with Gasteiger partial charge in [0.1, 0.15) is 0 Å². The third-order valence-electron chi connectivity index (χ3n) is 8.85. The average molecular weight is 653 g/mol. The number of fused-ring (bicyclic) bond motifs is 4. The Morgan fingerprint density at radius 2 is 1.10 bits per heavy atom. The molecule has 4 nitrogen and oxygen atoms in total. The van der Waals surface area contributed by atoms with E-state index < -0.39 is 28.9 Å². The fourth-order valence-corrected chi connectivity index (χ4v) is 6.83. The van der Waals surface area contributed by atoms with E-state index >= 15 is 26.3 Å². The number of alkyl halides is 6. The number of para-hydroxylation sites is 2. The molecule has 7 aromatic rings. The second kappa shape index (κ2) is 11.2. The van der Waals surface area contributed by atoms with Crippen LogP contribution >= 0.6 is 0 Å². The van der Waals surface area contributed by atoms with E-state index in [0.717, 1.165) is 45.9 Å². The fourth-order valence-electron chi connectivity index (χ4n) is 6.83. The molecule has 0 bridgehead atoms. The summed E-state index contributed by atoms with van der Waals surface area (Å²) < 4.78 is 94.1. The van der Waals surface area contributed by atoms with E-state index in [1.165, 1.54) is 30.5 Å². The maximum Gasteiger partial charge on any atom is 0.411 e. The smallest absolute Gasteiger partial charge is 0.405 e. The van der Waals surface area contributed by atoms with Crippen molar-refractivity contribution < 1.29 is 26.3 Å². The molecule has 0 aliphatic rings. The van der Waals surface area contributed by atoms with Crippen LogP contribution < -0.4 is 5.73 Å². The van der Waals surface area contributed by atoms with Crippen LogP contribution in [0, 0.1) is 0 Å². The van der Waals surface area contributed by atoms with Gasteiger partial charge in [-0.2, -0.15) is 26.3 Å². The van der Waals surface area contributed by atoms with E-state index in [9.17, 15) is 0 Å². The second-order valence-corrected chi connectivity index (χ2v) is 11.3. The van der Waals surface area contributed by atoms with Crippen molar-refractivity contribution in [1.82, 2.24) is 14.1 Å². The Kier molecular flexibility index (Phi) is 7.19. The van der Waals surface area contributed by atoms with Crippen molar-refractivity contribution >= 4 is 44.9 Å². The number of rotatable bonds is 6. The van der Waals surface area contributed by atoms with Gasteiger partial charge in [-0.15, -0.1) is 0 Å². The maximum absolute atomic E-state index is 15.1. The van der Waals surface area contributed by atoms with Crippen LogP contribution in [0.25, 0.3) is 56.2 Å². The van der Waals surface area contributed by atoms with Crippen molar-refractivity contribution in [2.24, 2.45) is 5.73 Å². The third-order valence-corrected chi connectivity index (χ3v) is 8.85. The van der Waals surface area contributed by atoms with Crippen molar-refractivity contribution in [3.8, 4) is 11.4 Å². The zero-order chi connectivity index (χ0) is 33.8. The van der Waals surface area contributed by atoms with E-state index in [4.69, 9.17) is 5.73 Å². The zero-order valence-electron chi connectivity index (χ0n) is 25.1. The molecule has 3 aromatic heterocycles. The number of nitrogens with zero attached hydrogens (tertiary/aromatic N) is 3. The van der Waals surface area contributed by atoms with Crippen LogP contribution in [0.15, 0.2) is 128 Å². The summed E-state index contributed by atoms with van der Waals surface area (Å²) in [6.07, 6.45) is -3.65. The summed E-state index contributed by atoms with van der Waals surface area (Å²) in [7, 11) is 0. The molecule has 0 radical (unpaired) electrons. The monoisotopic (exact) mass is 652 g/mol. The SMILES string of the molecule is C=Cc1c(/C=C\N)c2ccccc2n1-c1ccc(C(c2ccc(-n3c4ccccc4c4ccncc43)cc2)(C(F)(F)F)C(F)(F)F)cc1. The van der Waals surface area contributed by atoms with Gasteiger partial charge in [0.15, 0.2) is 0 Å². The minimum absolute atomic E-state index is 0.357. The average Bonchev–Trinajstić information content (AvgIpc) is 3.57. The molecule has 48 heavy (non-hydrogen) atoms. The first-order chi connectivity index (χ1) is 23.0. The molecular weight excluding hydrogens is 626 g/mol. The Balaban J connectivity index is 1.40. The normalized spacial score (nSPS) is 12.9. The second-order valence-electron chi connectivity index (χ2n) is 11.3. The topological polar surface area (TPSA) is 48.8 Å². The van der Waals surface area contributed by atoms with Crippen molar-refractivity contribution in [2.45, 2.75) is 17.8 Å². The fraction of sp³-hybridized carbons (Fsp3) is 0.0789. The van der Waals surface area contributed by atoms with Crippen LogP contribution in [0.1, 0.15) is 22.4 Å². The molecular formula is C38H26F6N4. The molecule has 0 atom stereocenters. The van der Waals surface area contributed by atoms with Crippen LogP contribution in [-0.2, 0) is 5.41 Å². The molecule has 7 rings (SSSR count). The minimum atomic E-state index is -5.74. The number of hydrogen-bond donors (Lipinski definition) is 1. The Morgan fingerprint density at radius 1 is 0.604 bits per heavy atom. The number of hydrogen-bond acceptors (Lipinski definition) is 2. The highest BCUT2D eigenvalue weighted by Crippen LogP contribution is 2.56. The summed E-state index contributed by atoms with van der Waals surface area (Å²) >= 11 is 0. The molecule has 2 N–H and O–H groups in total. The van der Waals surface area contributed by atoms with Crippen LogP contribution in [-0.4, -0.2) is 26.5 Å². The molecule has 4 aromatic carbocycles. The van der Waals surface area contributed by atoms with E-state index in [1.807, 2.05) is 42.5 Å². The van der Waals surface area contributed by atoms with Crippen molar-refractivity contribution in [1.29, 1.82) is 0 Å². The molecule has 0 saturated heterocycles. The summed E-state index contributed by atoms with van der Waals surface area (Å²) in [6, 6.07) is 25.1. The Morgan fingerprint density at radius 3 is 1.65 bits per heavy atom. The number of halogens is 6. The van der Waals surface area contributed by atoms with E-state index in [1.54, 1.807) is 45.8 Å². The van der Waals surface area contributed by atoms with Gasteiger partial charge >= 0.3 is 12.4 Å². The summed E-state index contributed by atoms with van der Waals surface area (Å²) in [6.45, 7) is 3.88. The van der Waals surface area contributed by atoms with Gasteiger partial charge in [-0.3, -0.25) is 4.98 Å². The van der Waals surface area contributed by atoms with E-state index in [2.05, 4.69) is 11.6 Å². The molecule has 0 spiro atoms. The lowest BCUT2D eigenvalue weighted by atomic mass is 9.73. The standard InChI is InChI=1S/C38H26F6N4/c1-2-32-30(19-21-45)28-7-3-5-9-33(28)47(32)26-15-11-24(12-16-26)36(37(39,40)41,38(42,43)44)25-13-17-27(18-14-25)48-34-10-6-4-8-29(34)31-20-22-46-23-35(31)48/h2-23H,1,45H2/b21-19-. The lowest BCUT2D eigenvalue weighted by Gasteiger charge is -2.38. The van der Waals surface area contributed by atoms with Gasteiger partial charge in [0.25, 0.3) is 0 Å². The van der Waals surface area contributed by atoms with Crippen LogP contribution in [0.5, 0.6) is 0 Å². The predicted octanol–water partition coefficient (Wildman–Crippen LogP) is 10.1. The van der Waals surface area contributed by atoms with E-state index in [-0.39, 0.29) is 0 Å². The van der Waals surface area contributed by atoms with Gasteiger partial charge < -0.3 is 14.9 Å². The Bertz CT molecular complexity index is 2270. The zero-order valence-corrected chi connectivity index (χ0v) is 25.1. The van der Waals surface area contributed by atoms with Gasteiger partial charge in [0, 0.05) is 39.3 Å². The molecule has 0 fully saturated rings. The molecule has 3 heterocycles. The Labute approximate surface area is 270 Å². The molecule has 0 saturated carbocycles. The third kappa shape index (κ3) is 4.43. The minimum Gasteiger partial charge on any atom is -0.405 e. The van der Waals surface area contributed by atoms with Crippen LogP contribution in [0.3, 0.4) is 0 Å². The largest absolute Gasteiger partial charge is 0.411 e. The van der Waals surface area contributed by atoms with Crippen molar-refractivity contribution in [2.75, 3.05) is 0 Å². The lowest BCUT2D eigenvalue weighted by molar-refractivity contribution is -0.288. The lowest BCUT2D eigenvalue weighted by Crippen LogP contribution is -2.54. The first-order valence-electron chi connectivity index (χ1n) is 14.9. The molecule has 10 heteroatoms. The van der Waals surface area contributed by atoms with Crippen molar-refractivity contribution in [3.63, 3.8) is 0 Å². The number of pyridine rings is 1. The highest BCUT2D eigenvalue weighted by molar-refractivity contribution is 6.08. The summed E-state index contributed by atoms with van der Waals surface area (Å²) in [5, 5.41) is 2.52. The summed E-state index contributed by atoms with van der Waals surface area (Å²) in [5.74, 6) is 0. The summed E-state index contributed by atoms with van der Waals surface area (Å²) in [4.78, 5) is 4.19. The van der Waals surface area contributed by atoms with Gasteiger partial charge in [0.2, 0.25) is 5.41 Å².